The maximum absolute atomic E-state index is 13.4. The van der Waals surface area contributed by atoms with E-state index in [4.69, 9.17) is 0 Å². The van der Waals surface area contributed by atoms with Crippen molar-refractivity contribution in [3.63, 3.8) is 0 Å². The molecule has 1 saturated carbocycles. The summed E-state index contributed by atoms with van der Waals surface area (Å²) in [5.74, 6) is -0.138. The molecule has 2 N–H and O–H groups in total. The van der Waals surface area contributed by atoms with Gasteiger partial charge in [0.1, 0.15) is 5.82 Å². The van der Waals surface area contributed by atoms with Gasteiger partial charge in [-0.05, 0) is 67.9 Å². The van der Waals surface area contributed by atoms with Crippen LogP contribution in [0.4, 0.5) is 20.5 Å². The molecule has 7 nitrogen and oxygen atoms in total. The van der Waals surface area contributed by atoms with Crippen molar-refractivity contribution in [1.82, 2.24) is 14.7 Å². The Bertz CT molecular complexity index is 1260. The second kappa shape index (κ2) is 10.2. The fourth-order valence-electron chi connectivity index (χ4n) is 4.31. The van der Waals surface area contributed by atoms with Crippen LogP contribution in [0.1, 0.15) is 25.7 Å². The Morgan fingerprint density at radius 2 is 1.62 bits per heavy atom. The van der Waals surface area contributed by atoms with Crippen LogP contribution in [0, 0.1) is 23.5 Å². The van der Waals surface area contributed by atoms with Crippen LogP contribution in [0.25, 0.3) is 10.9 Å². The predicted molar refractivity (Wildman–Crippen MR) is 129 cm³/mol. The van der Waals surface area contributed by atoms with Crippen molar-refractivity contribution in [2.75, 3.05) is 37.4 Å². The van der Waals surface area contributed by atoms with Gasteiger partial charge < -0.3 is 10.2 Å². The van der Waals surface area contributed by atoms with Gasteiger partial charge >= 0.3 is 0 Å². The maximum Gasteiger partial charge on any atom is 0.240 e. The summed E-state index contributed by atoms with van der Waals surface area (Å²) >= 11 is 0. The van der Waals surface area contributed by atoms with Crippen LogP contribution in [0.15, 0.2) is 47.4 Å². The fraction of sp³-hybridized carbons (Fsp3) is 0.417. The van der Waals surface area contributed by atoms with E-state index in [2.05, 4.69) is 20.0 Å². The smallest absolute Gasteiger partial charge is 0.240 e. The second-order valence-electron chi connectivity index (χ2n) is 8.98. The lowest BCUT2D eigenvalue weighted by atomic mass is 9.82. The number of anilines is 2. The number of rotatable bonds is 8. The number of nitrogens with zero attached hydrogens (tertiary/aromatic N) is 3. The molecule has 34 heavy (non-hydrogen) atoms. The lowest BCUT2D eigenvalue weighted by Gasteiger charge is -2.28. The third-order valence-corrected chi connectivity index (χ3v) is 7.71. The molecule has 0 unspecified atom stereocenters. The first-order valence-corrected chi connectivity index (χ1v) is 12.8. The number of sulfonamides is 1. The zero-order chi connectivity index (χ0) is 24.3. The highest BCUT2D eigenvalue weighted by Crippen LogP contribution is 2.29. The molecule has 4 rings (SSSR count). The number of hydrogen-bond donors (Lipinski definition) is 2. The molecule has 0 saturated heterocycles. The monoisotopic (exact) mass is 489 g/mol. The Morgan fingerprint density at radius 3 is 2.29 bits per heavy atom. The fourth-order valence-corrected chi connectivity index (χ4v) is 5.44. The summed E-state index contributed by atoms with van der Waals surface area (Å²) in [6, 6.07) is 10.5. The number of aromatic nitrogens is 2. The highest BCUT2D eigenvalue weighted by atomic mass is 32.2. The minimum atomic E-state index is -3.88. The molecule has 0 aliphatic heterocycles. The molecule has 182 valence electrons. The lowest BCUT2D eigenvalue weighted by molar-refractivity contribution is 0.284. The summed E-state index contributed by atoms with van der Waals surface area (Å²) in [6.07, 6.45) is 3.68. The summed E-state index contributed by atoms with van der Waals surface area (Å²) < 4.78 is 53.8. The van der Waals surface area contributed by atoms with Gasteiger partial charge in [-0.2, -0.15) is 4.98 Å². The van der Waals surface area contributed by atoms with Crippen molar-refractivity contribution in [3.05, 3.63) is 54.1 Å². The summed E-state index contributed by atoms with van der Waals surface area (Å²) in [4.78, 5) is 11.0. The molecule has 1 aromatic heterocycles. The summed E-state index contributed by atoms with van der Waals surface area (Å²) in [5.41, 5.74) is 0.890. The first kappa shape index (κ1) is 24.3. The van der Waals surface area contributed by atoms with Gasteiger partial charge in [0, 0.05) is 32.6 Å². The van der Waals surface area contributed by atoms with E-state index in [0.29, 0.717) is 17.9 Å². The van der Waals surface area contributed by atoms with Crippen LogP contribution >= 0.6 is 0 Å². The Morgan fingerprint density at radius 1 is 0.941 bits per heavy atom. The average molecular weight is 490 g/mol. The van der Waals surface area contributed by atoms with Gasteiger partial charge in [0.25, 0.3) is 0 Å². The van der Waals surface area contributed by atoms with Crippen molar-refractivity contribution in [1.29, 1.82) is 0 Å². The number of nitrogens with one attached hydrogen (secondary N) is 2. The molecule has 0 spiro atoms. The standard InChI is InChI=1S/C24H29F2N5O2S/c1-31(2)23-19-5-3-4-6-22(19)29-24(30-23)27-14-16-7-9-17(10-8-16)15-28-34(32,33)18-11-12-20(25)21(26)13-18/h3-6,11-13,16-17,28H,7-10,14-15H2,1-2H3,(H,27,29,30)/t16-,17-. The zero-order valence-corrected chi connectivity index (χ0v) is 20.1. The van der Waals surface area contributed by atoms with E-state index >= 15 is 0 Å². The first-order valence-electron chi connectivity index (χ1n) is 11.4. The molecule has 1 heterocycles. The topological polar surface area (TPSA) is 87.2 Å². The third-order valence-electron chi connectivity index (χ3n) is 6.29. The number of halogens is 2. The van der Waals surface area contributed by atoms with Crippen LogP contribution in [0.2, 0.25) is 0 Å². The Kier molecular flexibility index (Phi) is 7.27. The quantitative estimate of drug-likeness (QED) is 0.494. The molecular weight excluding hydrogens is 460 g/mol. The molecule has 0 amide bonds. The molecule has 1 fully saturated rings. The molecular formula is C24H29F2N5O2S. The van der Waals surface area contributed by atoms with Gasteiger partial charge in [-0.25, -0.2) is 26.9 Å². The molecule has 0 radical (unpaired) electrons. The van der Waals surface area contributed by atoms with E-state index < -0.39 is 21.7 Å². The maximum atomic E-state index is 13.4. The summed E-state index contributed by atoms with van der Waals surface area (Å²) in [7, 11) is 0.0406. The van der Waals surface area contributed by atoms with Gasteiger partial charge in [-0.1, -0.05) is 12.1 Å². The molecule has 0 atom stereocenters. The van der Waals surface area contributed by atoms with Crippen LogP contribution in [0.3, 0.4) is 0 Å². The lowest BCUT2D eigenvalue weighted by Crippen LogP contribution is -2.32. The Balaban J connectivity index is 1.29. The number of hydrogen-bond acceptors (Lipinski definition) is 6. The van der Waals surface area contributed by atoms with Crippen molar-refractivity contribution in [2.24, 2.45) is 11.8 Å². The molecule has 3 aromatic rings. The highest BCUT2D eigenvalue weighted by molar-refractivity contribution is 7.89. The summed E-state index contributed by atoms with van der Waals surface area (Å²) in [6.45, 7) is 1.03. The van der Waals surface area contributed by atoms with Gasteiger partial charge in [0.2, 0.25) is 16.0 Å². The van der Waals surface area contributed by atoms with Crippen LogP contribution < -0.4 is 14.9 Å². The molecule has 1 aliphatic rings. The van der Waals surface area contributed by atoms with Crippen molar-refractivity contribution in [2.45, 2.75) is 30.6 Å². The van der Waals surface area contributed by atoms with Crippen molar-refractivity contribution >= 4 is 32.7 Å². The average Bonchev–Trinajstić information content (AvgIpc) is 2.83. The minimum absolute atomic E-state index is 0.202. The first-order chi connectivity index (χ1) is 16.2. The van der Waals surface area contributed by atoms with Crippen molar-refractivity contribution in [3.8, 4) is 0 Å². The minimum Gasteiger partial charge on any atom is -0.362 e. The van der Waals surface area contributed by atoms with E-state index in [1.165, 1.54) is 0 Å². The number of benzene rings is 2. The zero-order valence-electron chi connectivity index (χ0n) is 19.3. The van der Waals surface area contributed by atoms with E-state index in [-0.39, 0.29) is 17.4 Å². The molecule has 0 bridgehead atoms. The van der Waals surface area contributed by atoms with Crippen LogP contribution in [0.5, 0.6) is 0 Å². The Labute approximate surface area is 198 Å². The number of para-hydroxylation sites is 1. The van der Waals surface area contributed by atoms with Gasteiger partial charge in [0.15, 0.2) is 11.6 Å². The van der Waals surface area contributed by atoms with E-state index in [1.54, 1.807) is 0 Å². The van der Waals surface area contributed by atoms with E-state index in [0.717, 1.165) is 61.1 Å². The van der Waals surface area contributed by atoms with Crippen LogP contribution in [-0.2, 0) is 10.0 Å². The largest absolute Gasteiger partial charge is 0.362 e. The van der Waals surface area contributed by atoms with Gasteiger partial charge in [-0.3, -0.25) is 0 Å². The van der Waals surface area contributed by atoms with E-state index in [9.17, 15) is 17.2 Å². The highest BCUT2D eigenvalue weighted by Gasteiger charge is 2.24. The van der Waals surface area contributed by atoms with E-state index in [1.807, 2.05) is 43.3 Å². The normalized spacial score (nSPS) is 18.7. The summed E-state index contributed by atoms with van der Waals surface area (Å²) in [5, 5.41) is 4.38. The number of fused-ring (bicyclic) bond motifs is 1. The van der Waals surface area contributed by atoms with Crippen LogP contribution in [-0.4, -0.2) is 45.6 Å². The molecule has 10 heteroatoms. The van der Waals surface area contributed by atoms with Gasteiger partial charge in [-0.15, -0.1) is 0 Å². The van der Waals surface area contributed by atoms with Crippen molar-refractivity contribution < 1.29 is 17.2 Å². The SMILES string of the molecule is CN(C)c1nc(NC[C@H]2CC[C@H](CNS(=O)(=O)c3ccc(F)c(F)c3)CC2)nc2ccccc12. The second-order valence-corrected chi connectivity index (χ2v) is 10.7. The molecule has 2 aromatic carbocycles. The predicted octanol–water partition coefficient (Wildman–Crippen LogP) is 4.17. The third kappa shape index (κ3) is 5.61. The molecule has 1 aliphatic carbocycles. The van der Waals surface area contributed by atoms with Gasteiger partial charge in [0.05, 0.1) is 10.4 Å². The Hall–Kier alpha value is -2.85.